The van der Waals surface area contributed by atoms with Gasteiger partial charge in [0.15, 0.2) is 11.0 Å². The van der Waals surface area contributed by atoms with Crippen LogP contribution < -0.4 is 5.73 Å². The minimum Gasteiger partial charge on any atom is -0.369 e. The third-order valence-corrected chi connectivity index (χ3v) is 4.14. The molecule has 0 aliphatic rings. The molecule has 0 radical (unpaired) electrons. The predicted molar refractivity (Wildman–Crippen MR) is 89.2 cm³/mol. The van der Waals surface area contributed by atoms with Gasteiger partial charge in [0.1, 0.15) is 0 Å². The molecule has 0 fully saturated rings. The first kappa shape index (κ1) is 15.2. The van der Waals surface area contributed by atoms with Crippen LogP contribution in [0.15, 0.2) is 53.9 Å². The molecule has 0 aliphatic heterocycles. The van der Waals surface area contributed by atoms with Crippen LogP contribution >= 0.6 is 11.8 Å². The van der Waals surface area contributed by atoms with E-state index < -0.39 is 5.91 Å². The zero-order chi connectivity index (χ0) is 16.2. The number of thioether (sulfide) groups is 1. The van der Waals surface area contributed by atoms with Gasteiger partial charge in [0, 0.05) is 23.6 Å². The van der Waals surface area contributed by atoms with Gasteiger partial charge in [-0.2, -0.15) is 0 Å². The number of amides is 1. The summed E-state index contributed by atoms with van der Waals surface area (Å²) in [5.41, 5.74) is 8.18. The molecule has 1 amide bonds. The molecular formula is C16H15N5OS. The molecule has 1 aromatic carbocycles. The second kappa shape index (κ2) is 6.62. The van der Waals surface area contributed by atoms with Crippen molar-refractivity contribution in [1.82, 2.24) is 19.7 Å². The predicted octanol–water partition coefficient (Wildman–Crippen LogP) is 2.22. The van der Waals surface area contributed by atoms with Crippen molar-refractivity contribution >= 4 is 17.7 Å². The fourth-order valence-corrected chi connectivity index (χ4v) is 2.80. The Bertz CT molecular complexity index is 814. The van der Waals surface area contributed by atoms with Crippen molar-refractivity contribution in [2.75, 3.05) is 5.75 Å². The SMILES string of the molecule is Cc1ccc(-n2c(SCC(N)=O)nnc2-c2cccnc2)cc1. The van der Waals surface area contributed by atoms with Crippen LogP contribution in [-0.4, -0.2) is 31.4 Å². The number of hydrogen-bond donors (Lipinski definition) is 1. The number of rotatable bonds is 5. The van der Waals surface area contributed by atoms with Gasteiger partial charge < -0.3 is 5.73 Å². The smallest absolute Gasteiger partial charge is 0.227 e. The summed E-state index contributed by atoms with van der Waals surface area (Å²) >= 11 is 1.26. The first-order valence-electron chi connectivity index (χ1n) is 6.99. The molecule has 2 N–H and O–H groups in total. The number of benzene rings is 1. The second-order valence-corrected chi connectivity index (χ2v) is 5.92. The molecule has 0 atom stereocenters. The summed E-state index contributed by atoms with van der Waals surface area (Å²) in [6, 6.07) is 11.8. The maximum atomic E-state index is 11.1. The maximum Gasteiger partial charge on any atom is 0.227 e. The van der Waals surface area contributed by atoms with E-state index in [0.717, 1.165) is 16.8 Å². The van der Waals surface area contributed by atoms with Crippen molar-refractivity contribution in [3.8, 4) is 17.1 Å². The van der Waals surface area contributed by atoms with E-state index in [9.17, 15) is 4.79 Å². The van der Waals surface area contributed by atoms with Crippen molar-refractivity contribution in [2.45, 2.75) is 12.1 Å². The van der Waals surface area contributed by atoms with E-state index in [4.69, 9.17) is 5.73 Å². The molecule has 116 valence electrons. The molecule has 0 saturated heterocycles. The van der Waals surface area contributed by atoms with Crippen molar-refractivity contribution in [3.63, 3.8) is 0 Å². The summed E-state index contributed by atoms with van der Waals surface area (Å²) < 4.78 is 1.91. The van der Waals surface area contributed by atoms with E-state index in [-0.39, 0.29) is 5.75 Å². The molecule has 0 aliphatic carbocycles. The Kier molecular flexibility index (Phi) is 4.38. The molecule has 6 nitrogen and oxygen atoms in total. The average Bonchev–Trinajstić information content (AvgIpc) is 2.98. The van der Waals surface area contributed by atoms with Gasteiger partial charge in [-0.15, -0.1) is 10.2 Å². The van der Waals surface area contributed by atoms with Gasteiger partial charge in [-0.25, -0.2) is 0 Å². The topological polar surface area (TPSA) is 86.7 Å². The number of carbonyl (C=O) groups is 1. The third-order valence-electron chi connectivity index (χ3n) is 3.19. The monoisotopic (exact) mass is 325 g/mol. The van der Waals surface area contributed by atoms with Gasteiger partial charge >= 0.3 is 0 Å². The van der Waals surface area contributed by atoms with Gasteiger partial charge in [0.25, 0.3) is 0 Å². The van der Waals surface area contributed by atoms with Crippen LogP contribution in [0, 0.1) is 6.92 Å². The standard InChI is InChI=1S/C16H15N5OS/c1-11-4-6-13(7-5-11)21-15(12-3-2-8-18-9-12)19-20-16(21)23-10-14(17)22/h2-9H,10H2,1H3,(H2,17,22). The van der Waals surface area contributed by atoms with Gasteiger partial charge in [-0.3, -0.25) is 14.3 Å². The summed E-state index contributed by atoms with van der Waals surface area (Å²) in [5.74, 6) is 0.433. The highest BCUT2D eigenvalue weighted by molar-refractivity contribution is 7.99. The van der Waals surface area contributed by atoms with E-state index in [2.05, 4.69) is 15.2 Å². The van der Waals surface area contributed by atoms with Gasteiger partial charge in [0.05, 0.1) is 5.75 Å². The molecule has 0 unspecified atom stereocenters. The summed E-state index contributed by atoms with van der Waals surface area (Å²) in [4.78, 5) is 15.2. The lowest BCUT2D eigenvalue weighted by Crippen LogP contribution is -2.13. The number of carbonyl (C=O) groups excluding carboxylic acids is 1. The normalized spacial score (nSPS) is 10.7. The zero-order valence-electron chi connectivity index (χ0n) is 12.5. The number of aromatic nitrogens is 4. The number of pyridine rings is 1. The number of nitrogens with zero attached hydrogens (tertiary/aromatic N) is 4. The Hall–Kier alpha value is -2.67. The van der Waals surface area contributed by atoms with Crippen LogP contribution in [0.2, 0.25) is 0 Å². The van der Waals surface area contributed by atoms with E-state index in [1.165, 1.54) is 11.8 Å². The fourth-order valence-electron chi connectivity index (χ4n) is 2.11. The van der Waals surface area contributed by atoms with Crippen molar-refractivity contribution < 1.29 is 4.79 Å². The molecule has 2 heterocycles. The van der Waals surface area contributed by atoms with Crippen LogP contribution in [0.5, 0.6) is 0 Å². The lowest BCUT2D eigenvalue weighted by molar-refractivity contribution is -0.115. The lowest BCUT2D eigenvalue weighted by atomic mass is 10.2. The maximum absolute atomic E-state index is 11.1. The minimum atomic E-state index is -0.392. The molecule has 0 spiro atoms. The molecular weight excluding hydrogens is 310 g/mol. The molecule has 2 aromatic heterocycles. The summed E-state index contributed by atoms with van der Waals surface area (Å²) in [5, 5.41) is 9.08. The Morgan fingerprint density at radius 3 is 2.65 bits per heavy atom. The van der Waals surface area contributed by atoms with Gasteiger partial charge in [0.2, 0.25) is 5.91 Å². The fraction of sp³-hybridized carbons (Fsp3) is 0.125. The Labute approximate surface area is 137 Å². The van der Waals surface area contributed by atoms with Crippen LogP contribution in [0.3, 0.4) is 0 Å². The summed E-state index contributed by atoms with van der Waals surface area (Å²) in [6.07, 6.45) is 3.44. The van der Waals surface area contributed by atoms with Crippen LogP contribution in [0.25, 0.3) is 17.1 Å². The highest BCUT2D eigenvalue weighted by Crippen LogP contribution is 2.27. The molecule has 23 heavy (non-hydrogen) atoms. The van der Waals surface area contributed by atoms with E-state index in [1.807, 2.05) is 47.9 Å². The second-order valence-electron chi connectivity index (χ2n) is 4.97. The van der Waals surface area contributed by atoms with Crippen molar-refractivity contribution in [3.05, 3.63) is 54.4 Å². The van der Waals surface area contributed by atoms with Gasteiger partial charge in [-0.05, 0) is 31.2 Å². The van der Waals surface area contributed by atoms with Gasteiger partial charge in [-0.1, -0.05) is 29.5 Å². The van der Waals surface area contributed by atoms with Crippen LogP contribution in [0.4, 0.5) is 0 Å². The van der Waals surface area contributed by atoms with Crippen LogP contribution in [0.1, 0.15) is 5.56 Å². The molecule has 0 bridgehead atoms. The highest BCUT2D eigenvalue weighted by atomic mass is 32.2. The molecule has 0 saturated carbocycles. The lowest BCUT2D eigenvalue weighted by Gasteiger charge is -2.10. The summed E-state index contributed by atoms with van der Waals surface area (Å²) in [7, 11) is 0. The minimum absolute atomic E-state index is 0.150. The Morgan fingerprint density at radius 2 is 2.00 bits per heavy atom. The zero-order valence-corrected chi connectivity index (χ0v) is 13.3. The molecule has 7 heteroatoms. The van der Waals surface area contributed by atoms with E-state index in [1.54, 1.807) is 12.4 Å². The first-order chi connectivity index (χ1) is 11.1. The molecule has 3 rings (SSSR count). The number of nitrogens with two attached hydrogens (primary N) is 1. The highest BCUT2D eigenvalue weighted by Gasteiger charge is 2.16. The quantitative estimate of drug-likeness (QED) is 0.727. The van der Waals surface area contributed by atoms with E-state index >= 15 is 0 Å². The largest absolute Gasteiger partial charge is 0.369 e. The first-order valence-corrected chi connectivity index (χ1v) is 7.97. The van der Waals surface area contributed by atoms with Crippen molar-refractivity contribution in [2.24, 2.45) is 5.73 Å². The Balaban J connectivity index is 2.10. The van der Waals surface area contributed by atoms with Crippen molar-refractivity contribution in [1.29, 1.82) is 0 Å². The molecule has 3 aromatic rings. The van der Waals surface area contributed by atoms with E-state index in [0.29, 0.717) is 11.0 Å². The number of hydrogen-bond acceptors (Lipinski definition) is 5. The third kappa shape index (κ3) is 3.40. The summed E-state index contributed by atoms with van der Waals surface area (Å²) in [6.45, 7) is 2.03. The van der Waals surface area contributed by atoms with Crippen LogP contribution in [-0.2, 0) is 4.79 Å². The number of primary amides is 1. The average molecular weight is 325 g/mol. The Morgan fingerprint density at radius 1 is 1.22 bits per heavy atom. The number of aryl methyl sites for hydroxylation is 1.